The van der Waals surface area contributed by atoms with Crippen LogP contribution in [-0.2, 0) is 23.0 Å². The van der Waals surface area contributed by atoms with Gasteiger partial charge in [-0.3, -0.25) is 4.79 Å². The normalized spacial score (nSPS) is 15.6. The minimum Gasteiger partial charge on any atom is -0.375 e. The third-order valence-electron chi connectivity index (χ3n) is 3.08. The molecule has 2 rings (SSSR count). The molecular formula is C12H11F3O4S. The molecule has 0 amide bonds. The molecule has 0 aliphatic heterocycles. The number of carbonyl (C=O) groups is 1. The lowest BCUT2D eigenvalue weighted by atomic mass is 9.90. The molecule has 0 radical (unpaired) electrons. The van der Waals surface area contributed by atoms with Crippen LogP contribution in [0.4, 0.5) is 13.2 Å². The number of fused-ring (bicyclic) bond motifs is 1. The van der Waals surface area contributed by atoms with E-state index < -0.39 is 21.4 Å². The van der Waals surface area contributed by atoms with Gasteiger partial charge in [0.05, 0.1) is 5.56 Å². The van der Waals surface area contributed by atoms with Crippen molar-refractivity contribution in [2.45, 2.75) is 31.2 Å². The Hall–Kier alpha value is -1.57. The highest BCUT2D eigenvalue weighted by molar-refractivity contribution is 7.88. The number of aryl methyl sites for hydroxylation is 2. The molecule has 0 unspecified atom stereocenters. The van der Waals surface area contributed by atoms with Gasteiger partial charge in [-0.1, -0.05) is 0 Å². The number of benzene rings is 1. The van der Waals surface area contributed by atoms with Crippen LogP contribution >= 0.6 is 0 Å². The lowest BCUT2D eigenvalue weighted by Crippen LogP contribution is -2.28. The van der Waals surface area contributed by atoms with Gasteiger partial charge < -0.3 is 4.18 Å². The van der Waals surface area contributed by atoms with E-state index in [4.69, 9.17) is 0 Å². The topological polar surface area (TPSA) is 60.4 Å². The molecule has 1 aromatic carbocycles. The molecule has 0 bridgehead atoms. The fourth-order valence-corrected chi connectivity index (χ4v) is 2.59. The van der Waals surface area contributed by atoms with Gasteiger partial charge in [0.15, 0.2) is 12.0 Å². The SMILES string of the molecule is O=Cc1cc2c(cc1OS(=O)(=O)C(F)(F)F)CCCC2. The smallest absolute Gasteiger partial charge is 0.375 e. The van der Waals surface area contributed by atoms with Crippen molar-refractivity contribution in [3.05, 3.63) is 28.8 Å². The summed E-state index contributed by atoms with van der Waals surface area (Å²) in [6, 6.07) is 2.60. The molecule has 110 valence electrons. The lowest BCUT2D eigenvalue weighted by Gasteiger charge is -2.18. The molecule has 0 saturated carbocycles. The van der Waals surface area contributed by atoms with Crippen molar-refractivity contribution >= 4 is 16.4 Å². The standard InChI is InChI=1S/C12H11F3O4S/c13-12(14,15)20(17,18)19-11-6-9-4-2-1-3-8(9)5-10(11)7-16/h5-7H,1-4H2. The second-order valence-electron chi connectivity index (χ2n) is 4.47. The van der Waals surface area contributed by atoms with Crippen LogP contribution in [0.15, 0.2) is 12.1 Å². The van der Waals surface area contributed by atoms with E-state index in [9.17, 15) is 26.4 Å². The molecule has 20 heavy (non-hydrogen) atoms. The molecule has 0 saturated heterocycles. The average Bonchev–Trinajstić information content (AvgIpc) is 2.36. The summed E-state index contributed by atoms with van der Waals surface area (Å²) in [5, 5.41) is 0. The zero-order valence-electron chi connectivity index (χ0n) is 10.2. The Morgan fingerprint density at radius 1 is 1.10 bits per heavy atom. The predicted octanol–water partition coefficient (Wildman–Crippen LogP) is 2.61. The highest BCUT2D eigenvalue weighted by atomic mass is 32.2. The molecular weight excluding hydrogens is 297 g/mol. The van der Waals surface area contributed by atoms with Gasteiger partial charge in [-0.15, -0.1) is 0 Å². The van der Waals surface area contributed by atoms with E-state index in [-0.39, 0.29) is 11.8 Å². The number of hydrogen-bond donors (Lipinski definition) is 0. The zero-order valence-corrected chi connectivity index (χ0v) is 11.1. The second kappa shape index (κ2) is 5.08. The number of halogens is 3. The Morgan fingerprint density at radius 3 is 2.15 bits per heavy atom. The van der Waals surface area contributed by atoms with Crippen molar-refractivity contribution in [1.29, 1.82) is 0 Å². The lowest BCUT2D eigenvalue weighted by molar-refractivity contribution is -0.0500. The van der Waals surface area contributed by atoms with Crippen molar-refractivity contribution in [3.63, 3.8) is 0 Å². The van der Waals surface area contributed by atoms with Crippen molar-refractivity contribution in [1.82, 2.24) is 0 Å². The minimum absolute atomic E-state index is 0.196. The first-order valence-corrected chi connectivity index (χ1v) is 7.27. The van der Waals surface area contributed by atoms with E-state index in [1.165, 1.54) is 12.1 Å². The number of carbonyl (C=O) groups excluding carboxylic acids is 1. The molecule has 0 atom stereocenters. The first kappa shape index (κ1) is 14.8. The summed E-state index contributed by atoms with van der Waals surface area (Å²) in [4.78, 5) is 10.9. The maximum Gasteiger partial charge on any atom is 0.534 e. The number of hydrogen-bond acceptors (Lipinski definition) is 4. The van der Waals surface area contributed by atoms with Crippen LogP contribution in [0.1, 0.15) is 34.3 Å². The molecule has 0 spiro atoms. The van der Waals surface area contributed by atoms with Crippen LogP contribution in [0.2, 0.25) is 0 Å². The average molecular weight is 308 g/mol. The number of aldehydes is 1. The van der Waals surface area contributed by atoms with Gasteiger partial charge in [-0.2, -0.15) is 21.6 Å². The molecule has 0 fully saturated rings. The van der Waals surface area contributed by atoms with Gasteiger partial charge in [-0.05, 0) is 48.9 Å². The largest absolute Gasteiger partial charge is 0.534 e. The molecule has 8 heteroatoms. The number of alkyl halides is 3. The van der Waals surface area contributed by atoms with Gasteiger partial charge >= 0.3 is 15.6 Å². The van der Waals surface area contributed by atoms with Gasteiger partial charge in [0.1, 0.15) is 0 Å². The van der Waals surface area contributed by atoms with Crippen molar-refractivity contribution < 1.29 is 30.6 Å². The van der Waals surface area contributed by atoms with Crippen LogP contribution in [-0.4, -0.2) is 20.2 Å². The second-order valence-corrected chi connectivity index (χ2v) is 6.00. The summed E-state index contributed by atoms with van der Waals surface area (Å²) < 4.78 is 62.9. The van der Waals surface area contributed by atoms with E-state index in [1.807, 2.05) is 0 Å². The molecule has 4 nitrogen and oxygen atoms in total. The first-order chi connectivity index (χ1) is 9.24. The summed E-state index contributed by atoms with van der Waals surface area (Å²) >= 11 is 0. The van der Waals surface area contributed by atoms with Crippen LogP contribution in [0.25, 0.3) is 0 Å². The van der Waals surface area contributed by atoms with Gasteiger partial charge in [-0.25, -0.2) is 0 Å². The van der Waals surface area contributed by atoms with E-state index >= 15 is 0 Å². The highest BCUT2D eigenvalue weighted by Gasteiger charge is 2.48. The molecule has 1 aliphatic rings. The maximum atomic E-state index is 12.3. The summed E-state index contributed by atoms with van der Waals surface area (Å²) in [5.74, 6) is -0.571. The molecule has 0 N–H and O–H groups in total. The number of rotatable bonds is 3. The van der Waals surface area contributed by atoms with Crippen molar-refractivity contribution in [2.75, 3.05) is 0 Å². The van der Waals surface area contributed by atoms with Gasteiger partial charge in [0.25, 0.3) is 0 Å². The Bertz CT molecular complexity index is 635. The summed E-state index contributed by atoms with van der Waals surface area (Å²) in [6.45, 7) is 0. The first-order valence-electron chi connectivity index (χ1n) is 5.86. The Labute approximate surface area is 113 Å². The Balaban J connectivity index is 2.44. The molecule has 1 aromatic rings. The quantitative estimate of drug-likeness (QED) is 0.489. The third kappa shape index (κ3) is 2.79. The van der Waals surface area contributed by atoms with E-state index in [1.54, 1.807) is 0 Å². The van der Waals surface area contributed by atoms with Crippen LogP contribution < -0.4 is 4.18 Å². The summed E-state index contributed by atoms with van der Waals surface area (Å²) in [5.41, 5.74) is -4.16. The summed E-state index contributed by atoms with van der Waals surface area (Å²) in [7, 11) is -5.77. The van der Waals surface area contributed by atoms with E-state index in [2.05, 4.69) is 4.18 Å². The van der Waals surface area contributed by atoms with Crippen LogP contribution in [0.3, 0.4) is 0 Å². The fourth-order valence-electron chi connectivity index (χ4n) is 2.11. The minimum atomic E-state index is -5.77. The predicted molar refractivity (Wildman–Crippen MR) is 64.1 cm³/mol. The van der Waals surface area contributed by atoms with Crippen molar-refractivity contribution in [3.8, 4) is 5.75 Å². The van der Waals surface area contributed by atoms with Crippen LogP contribution in [0, 0.1) is 0 Å². The third-order valence-corrected chi connectivity index (χ3v) is 4.05. The van der Waals surface area contributed by atoms with E-state index in [0.717, 1.165) is 18.4 Å². The Morgan fingerprint density at radius 2 is 1.65 bits per heavy atom. The highest BCUT2D eigenvalue weighted by Crippen LogP contribution is 2.32. The molecule has 1 aliphatic carbocycles. The van der Waals surface area contributed by atoms with Crippen LogP contribution in [0.5, 0.6) is 5.75 Å². The Kier molecular flexibility index (Phi) is 3.77. The zero-order chi connectivity index (χ0) is 15.0. The van der Waals surface area contributed by atoms with Crippen molar-refractivity contribution in [2.24, 2.45) is 0 Å². The monoisotopic (exact) mass is 308 g/mol. The maximum absolute atomic E-state index is 12.3. The van der Waals surface area contributed by atoms with E-state index in [0.29, 0.717) is 18.4 Å². The van der Waals surface area contributed by atoms with Gasteiger partial charge in [0, 0.05) is 0 Å². The van der Waals surface area contributed by atoms with Gasteiger partial charge in [0.2, 0.25) is 0 Å². The fraction of sp³-hybridized carbons (Fsp3) is 0.417. The summed E-state index contributed by atoms with van der Waals surface area (Å²) in [6.07, 6.45) is 3.40. The molecule has 0 heterocycles. The molecule has 0 aromatic heterocycles.